The second-order valence-electron chi connectivity index (χ2n) is 4.94. The Kier molecular flexibility index (Phi) is 2.70. The van der Waals surface area contributed by atoms with Crippen LogP contribution in [-0.4, -0.2) is 6.29 Å². The Balaban J connectivity index is 1.99. The van der Waals surface area contributed by atoms with Gasteiger partial charge in [-0.3, -0.25) is 0 Å². The van der Waals surface area contributed by atoms with Gasteiger partial charge in [-0.15, -0.1) is 0 Å². The van der Waals surface area contributed by atoms with Gasteiger partial charge >= 0.3 is 0 Å². The van der Waals surface area contributed by atoms with Gasteiger partial charge in [0.05, 0.1) is 5.41 Å². The molecule has 0 radical (unpaired) electrons. The molecule has 0 aromatic heterocycles. The van der Waals surface area contributed by atoms with E-state index in [-0.39, 0.29) is 17.6 Å². The minimum atomic E-state index is -0.699. The molecule has 0 unspecified atom stereocenters. The summed E-state index contributed by atoms with van der Waals surface area (Å²) >= 11 is 0. The summed E-state index contributed by atoms with van der Waals surface area (Å²) < 4.78 is 26.7. The van der Waals surface area contributed by atoms with Crippen LogP contribution >= 0.6 is 0 Å². The quantitative estimate of drug-likeness (QED) is 0.769. The van der Waals surface area contributed by atoms with Gasteiger partial charge in [0.1, 0.15) is 17.9 Å². The first kappa shape index (κ1) is 12.0. The number of hydrogen-bond acceptors (Lipinski definition) is 1. The van der Waals surface area contributed by atoms with Crippen molar-refractivity contribution in [2.24, 2.45) is 0 Å². The standard InChI is InChI=1S/C16H12F2O/c17-12-7-5-11(6-8-12)16(10-19)9-14(16)13-3-1-2-4-15(13)18/h1-8,10,14H,9H2/t14-,16+/m1/s1. The molecule has 2 aromatic carbocycles. The van der Waals surface area contributed by atoms with E-state index in [1.807, 2.05) is 0 Å². The van der Waals surface area contributed by atoms with E-state index in [1.54, 1.807) is 30.3 Å². The lowest BCUT2D eigenvalue weighted by Gasteiger charge is -2.11. The van der Waals surface area contributed by atoms with Gasteiger partial charge in [0, 0.05) is 5.92 Å². The van der Waals surface area contributed by atoms with E-state index in [2.05, 4.69) is 0 Å². The zero-order valence-electron chi connectivity index (χ0n) is 10.1. The average Bonchev–Trinajstić information content (AvgIpc) is 3.16. The Morgan fingerprint density at radius 2 is 1.74 bits per heavy atom. The molecule has 2 atom stereocenters. The van der Waals surface area contributed by atoms with Crippen molar-refractivity contribution in [1.29, 1.82) is 0 Å². The molecule has 0 amide bonds. The van der Waals surface area contributed by atoms with E-state index < -0.39 is 5.41 Å². The second kappa shape index (κ2) is 4.26. The molecule has 1 nitrogen and oxygen atoms in total. The van der Waals surface area contributed by atoms with E-state index in [0.29, 0.717) is 12.0 Å². The van der Waals surface area contributed by atoms with Crippen LogP contribution in [0.4, 0.5) is 8.78 Å². The summed E-state index contributed by atoms with van der Waals surface area (Å²) in [6.07, 6.45) is 1.43. The molecule has 0 N–H and O–H groups in total. The van der Waals surface area contributed by atoms with E-state index in [1.165, 1.54) is 18.2 Å². The van der Waals surface area contributed by atoms with Crippen molar-refractivity contribution in [2.75, 3.05) is 0 Å². The minimum Gasteiger partial charge on any atom is -0.302 e. The molecule has 19 heavy (non-hydrogen) atoms. The van der Waals surface area contributed by atoms with Gasteiger partial charge in [0.25, 0.3) is 0 Å². The summed E-state index contributed by atoms with van der Waals surface area (Å²) in [4.78, 5) is 11.5. The van der Waals surface area contributed by atoms with Crippen LogP contribution in [-0.2, 0) is 10.2 Å². The summed E-state index contributed by atoms with van der Waals surface area (Å²) in [6, 6.07) is 12.4. The van der Waals surface area contributed by atoms with Gasteiger partial charge in [-0.1, -0.05) is 30.3 Å². The Morgan fingerprint density at radius 1 is 1.05 bits per heavy atom. The van der Waals surface area contributed by atoms with Crippen molar-refractivity contribution in [3.05, 3.63) is 71.3 Å². The summed E-state index contributed by atoms with van der Waals surface area (Å²) in [7, 11) is 0. The lowest BCUT2D eigenvalue weighted by molar-refractivity contribution is -0.110. The Labute approximate surface area is 109 Å². The van der Waals surface area contributed by atoms with Crippen LogP contribution in [0.15, 0.2) is 48.5 Å². The normalized spacial score (nSPS) is 25.1. The number of hydrogen-bond donors (Lipinski definition) is 0. The fraction of sp³-hybridized carbons (Fsp3) is 0.188. The Bertz CT molecular complexity index is 621. The van der Waals surface area contributed by atoms with Gasteiger partial charge in [0.2, 0.25) is 0 Å². The van der Waals surface area contributed by atoms with Gasteiger partial charge in [-0.2, -0.15) is 0 Å². The maximum atomic E-state index is 13.8. The molecule has 0 heterocycles. The molecule has 3 rings (SSSR count). The highest BCUT2D eigenvalue weighted by Crippen LogP contribution is 2.59. The molecule has 1 aliphatic carbocycles. The Hall–Kier alpha value is -2.03. The van der Waals surface area contributed by atoms with Crippen molar-refractivity contribution >= 4 is 6.29 Å². The number of halogens is 2. The number of carbonyl (C=O) groups is 1. The SMILES string of the molecule is O=C[C@]1(c2ccc(F)cc2)C[C@@H]1c1ccccc1F. The minimum absolute atomic E-state index is 0.156. The number of rotatable bonds is 3. The molecule has 0 spiro atoms. The van der Waals surface area contributed by atoms with Crippen LogP contribution in [0.1, 0.15) is 23.5 Å². The van der Waals surface area contributed by atoms with Crippen LogP contribution < -0.4 is 0 Å². The topological polar surface area (TPSA) is 17.1 Å². The Morgan fingerprint density at radius 3 is 2.37 bits per heavy atom. The highest BCUT2D eigenvalue weighted by Gasteiger charge is 2.56. The number of benzene rings is 2. The van der Waals surface area contributed by atoms with Crippen LogP contribution in [0.5, 0.6) is 0 Å². The summed E-state index contributed by atoms with van der Waals surface area (Å²) in [6.45, 7) is 0. The number of carbonyl (C=O) groups excluding carboxylic acids is 1. The van der Waals surface area contributed by atoms with Gasteiger partial charge in [-0.05, 0) is 35.7 Å². The van der Waals surface area contributed by atoms with E-state index in [9.17, 15) is 13.6 Å². The first-order chi connectivity index (χ1) is 9.17. The third-order valence-electron chi connectivity index (χ3n) is 3.88. The highest BCUT2D eigenvalue weighted by atomic mass is 19.1. The lowest BCUT2D eigenvalue weighted by Crippen LogP contribution is -2.11. The molecule has 0 saturated heterocycles. The number of aldehydes is 1. The summed E-state index contributed by atoms with van der Waals surface area (Å²) in [5.74, 6) is -0.789. The monoisotopic (exact) mass is 258 g/mol. The first-order valence-electron chi connectivity index (χ1n) is 6.14. The van der Waals surface area contributed by atoms with E-state index in [0.717, 1.165) is 11.8 Å². The van der Waals surface area contributed by atoms with Crippen LogP contribution in [0.3, 0.4) is 0 Å². The lowest BCUT2D eigenvalue weighted by atomic mass is 9.92. The summed E-state index contributed by atoms with van der Waals surface area (Å²) in [5, 5.41) is 0. The molecular weight excluding hydrogens is 246 g/mol. The highest BCUT2D eigenvalue weighted by molar-refractivity contribution is 5.77. The fourth-order valence-electron chi connectivity index (χ4n) is 2.70. The van der Waals surface area contributed by atoms with Crippen molar-refractivity contribution in [3.63, 3.8) is 0 Å². The van der Waals surface area contributed by atoms with Gasteiger partial charge in [0.15, 0.2) is 0 Å². The molecule has 96 valence electrons. The third-order valence-corrected chi connectivity index (χ3v) is 3.88. The van der Waals surface area contributed by atoms with Crippen molar-refractivity contribution in [2.45, 2.75) is 17.8 Å². The largest absolute Gasteiger partial charge is 0.302 e. The third kappa shape index (κ3) is 1.86. The maximum absolute atomic E-state index is 13.8. The van der Waals surface area contributed by atoms with E-state index >= 15 is 0 Å². The van der Waals surface area contributed by atoms with Crippen LogP contribution in [0, 0.1) is 11.6 Å². The first-order valence-corrected chi connectivity index (χ1v) is 6.14. The van der Waals surface area contributed by atoms with Crippen molar-refractivity contribution in [1.82, 2.24) is 0 Å². The van der Waals surface area contributed by atoms with Crippen LogP contribution in [0.25, 0.3) is 0 Å². The molecule has 3 heteroatoms. The van der Waals surface area contributed by atoms with E-state index in [4.69, 9.17) is 0 Å². The maximum Gasteiger partial charge on any atom is 0.131 e. The van der Waals surface area contributed by atoms with Gasteiger partial charge in [-0.25, -0.2) is 8.78 Å². The van der Waals surface area contributed by atoms with Crippen molar-refractivity contribution in [3.8, 4) is 0 Å². The second-order valence-corrected chi connectivity index (χ2v) is 4.94. The zero-order valence-corrected chi connectivity index (χ0v) is 10.1. The smallest absolute Gasteiger partial charge is 0.131 e. The fourth-order valence-corrected chi connectivity index (χ4v) is 2.70. The van der Waals surface area contributed by atoms with Crippen molar-refractivity contribution < 1.29 is 13.6 Å². The molecule has 1 fully saturated rings. The molecule has 2 aromatic rings. The molecule has 0 aliphatic heterocycles. The molecular formula is C16H12F2O. The predicted molar refractivity (Wildman–Crippen MR) is 67.9 cm³/mol. The zero-order chi connectivity index (χ0) is 13.5. The molecule has 0 bridgehead atoms. The molecule has 1 aliphatic rings. The molecule has 1 saturated carbocycles. The average molecular weight is 258 g/mol. The van der Waals surface area contributed by atoms with Crippen LogP contribution in [0.2, 0.25) is 0 Å². The predicted octanol–water partition coefficient (Wildman–Crippen LogP) is 3.59. The van der Waals surface area contributed by atoms with Gasteiger partial charge < -0.3 is 4.79 Å². The summed E-state index contributed by atoms with van der Waals surface area (Å²) in [5.41, 5.74) is 0.603.